The molecule has 3 rings (SSSR count). The number of nitrogens with one attached hydrogen (secondary N) is 1. The average molecular weight is 413 g/mol. The van der Waals surface area contributed by atoms with Crippen LogP contribution in [0.5, 0.6) is 11.5 Å². The van der Waals surface area contributed by atoms with Crippen molar-refractivity contribution < 1.29 is 14.3 Å². The normalized spacial score (nSPS) is 10.8. The first-order chi connectivity index (χ1) is 12.7. The summed E-state index contributed by atoms with van der Waals surface area (Å²) in [5.41, 5.74) is 3.36. The standard InChI is InChI=1S/C20H17BrN2O3/c1-25-19-11-17(21)8-9-18(19)26-13-20(24)23-22-12-14-6-7-15-4-2-3-5-16(15)10-14/h2-12H,13H2,1H3,(H,23,24)/b22-12+. The first-order valence-electron chi connectivity index (χ1n) is 7.93. The molecule has 1 N–H and O–H groups in total. The number of carbonyl (C=O) groups is 1. The van der Waals surface area contributed by atoms with Gasteiger partial charge in [0.2, 0.25) is 0 Å². The second-order valence-corrected chi connectivity index (χ2v) is 6.40. The third kappa shape index (κ3) is 4.61. The van der Waals surface area contributed by atoms with Gasteiger partial charge in [-0.2, -0.15) is 5.10 Å². The first kappa shape index (κ1) is 17.9. The van der Waals surface area contributed by atoms with Crippen LogP contribution in [0.4, 0.5) is 0 Å². The zero-order valence-electron chi connectivity index (χ0n) is 14.1. The Morgan fingerprint density at radius 3 is 2.69 bits per heavy atom. The third-order valence-corrected chi connectivity index (χ3v) is 4.15. The van der Waals surface area contributed by atoms with E-state index in [4.69, 9.17) is 9.47 Å². The maximum atomic E-state index is 11.9. The van der Waals surface area contributed by atoms with E-state index in [-0.39, 0.29) is 12.5 Å². The summed E-state index contributed by atoms with van der Waals surface area (Å²) in [5, 5.41) is 6.25. The van der Waals surface area contributed by atoms with Crippen LogP contribution in [0.2, 0.25) is 0 Å². The molecule has 1 amide bonds. The molecule has 3 aromatic carbocycles. The van der Waals surface area contributed by atoms with Gasteiger partial charge in [0.05, 0.1) is 13.3 Å². The molecule has 0 saturated carbocycles. The molecule has 0 aliphatic carbocycles. The number of hydrogen-bond acceptors (Lipinski definition) is 4. The van der Waals surface area contributed by atoms with Crippen molar-refractivity contribution in [2.45, 2.75) is 0 Å². The molecular weight excluding hydrogens is 396 g/mol. The van der Waals surface area contributed by atoms with Crippen molar-refractivity contribution in [2.75, 3.05) is 13.7 Å². The first-order valence-corrected chi connectivity index (χ1v) is 8.72. The quantitative estimate of drug-likeness (QED) is 0.488. The summed E-state index contributed by atoms with van der Waals surface area (Å²) >= 11 is 3.35. The van der Waals surface area contributed by atoms with Gasteiger partial charge in [-0.3, -0.25) is 4.79 Å². The van der Waals surface area contributed by atoms with Crippen LogP contribution in [0.15, 0.2) is 70.2 Å². The minimum atomic E-state index is -0.355. The highest BCUT2D eigenvalue weighted by atomic mass is 79.9. The second kappa shape index (κ2) is 8.49. The predicted octanol–water partition coefficient (Wildman–Crippen LogP) is 4.14. The van der Waals surface area contributed by atoms with Crippen LogP contribution in [0.3, 0.4) is 0 Å². The smallest absolute Gasteiger partial charge is 0.277 e. The number of hydrogen-bond donors (Lipinski definition) is 1. The number of benzene rings is 3. The lowest BCUT2D eigenvalue weighted by atomic mass is 10.1. The molecule has 0 heterocycles. The van der Waals surface area contributed by atoms with Crippen LogP contribution < -0.4 is 14.9 Å². The maximum Gasteiger partial charge on any atom is 0.277 e. The Bertz CT molecular complexity index is 957. The van der Waals surface area contributed by atoms with Gasteiger partial charge in [0, 0.05) is 4.47 Å². The van der Waals surface area contributed by atoms with Crippen LogP contribution in [-0.2, 0) is 4.79 Å². The minimum Gasteiger partial charge on any atom is -0.493 e. The van der Waals surface area contributed by atoms with Gasteiger partial charge in [-0.1, -0.05) is 52.3 Å². The van der Waals surface area contributed by atoms with E-state index in [0.29, 0.717) is 11.5 Å². The van der Waals surface area contributed by atoms with Crippen molar-refractivity contribution in [3.63, 3.8) is 0 Å². The van der Waals surface area contributed by atoms with Crippen LogP contribution in [0.1, 0.15) is 5.56 Å². The van der Waals surface area contributed by atoms with E-state index in [0.717, 1.165) is 20.8 Å². The summed E-state index contributed by atoms with van der Waals surface area (Å²) in [5.74, 6) is 0.684. The molecule has 0 atom stereocenters. The number of amides is 1. The van der Waals surface area contributed by atoms with Crippen molar-refractivity contribution in [3.8, 4) is 11.5 Å². The Hall–Kier alpha value is -2.86. The lowest BCUT2D eigenvalue weighted by Gasteiger charge is -2.10. The largest absolute Gasteiger partial charge is 0.493 e. The van der Waals surface area contributed by atoms with Crippen molar-refractivity contribution in [3.05, 3.63) is 70.7 Å². The molecular formula is C20H17BrN2O3. The Balaban J connectivity index is 1.55. The van der Waals surface area contributed by atoms with Crippen molar-refractivity contribution >= 4 is 38.8 Å². The highest BCUT2D eigenvalue weighted by Gasteiger charge is 2.07. The van der Waals surface area contributed by atoms with Gasteiger partial charge < -0.3 is 9.47 Å². The molecule has 0 radical (unpaired) electrons. The molecule has 0 aliphatic rings. The highest BCUT2D eigenvalue weighted by Crippen LogP contribution is 2.30. The highest BCUT2D eigenvalue weighted by molar-refractivity contribution is 9.10. The van der Waals surface area contributed by atoms with Crippen LogP contribution in [-0.4, -0.2) is 25.8 Å². The number of ether oxygens (including phenoxy) is 2. The molecule has 5 nitrogen and oxygen atoms in total. The van der Waals surface area contributed by atoms with Gasteiger partial charge in [-0.25, -0.2) is 5.43 Å². The zero-order valence-corrected chi connectivity index (χ0v) is 15.7. The molecule has 0 saturated heterocycles. The predicted molar refractivity (Wildman–Crippen MR) is 106 cm³/mol. The van der Waals surface area contributed by atoms with Gasteiger partial charge in [-0.05, 0) is 40.6 Å². The van der Waals surface area contributed by atoms with Gasteiger partial charge in [-0.15, -0.1) is 0 Å². The molecule has 0 bridgehead atoms. The van der Waals surface area contributed by atoms with Crippen molar-refractivity contribution in [1.82, 2.24) is 5.43 Å². The van der Waals surface area contributed by atoms with Crippen LogP contribution in [0.25, 0.3) is 10.8 Å². The summed E-state index contributed by atoms with van der Waals surface area (Å²) in [6, 6.07) is 19.3. The second-order valence-electron chi connectivity index (χ2n) is 5.48. The summed E-state index contributed by atoms with van der Waals surface area (Å²) < 4.78 is 11.6. The summed E-state index contributed by atoms with van der Waals surface area (Å²) in [6.45, 7) is -0.160. The Morgan fingerprint density at radius 2 is 1.88 bits per heavy atom. The van der Waals surface area contributed by atoms with Crippen molar-refractivity contribution in [2.24, 2.45) is 5.10 Å². The Labute approximate surface area is 159 Å². The topological polar surface area (TPSA) is 59.9 Å². The van der Waals surface area contributed by atoms with E-state index in [2.05, 4.69) is 26.5 Å². The minimum absolute atomic E-state index is 0.160. The van der Waals surface area contributed by atoms with Gasteiger partial charge in [0.15, 0.2) is 18.1 Å². The summed E-state index contributed by atoms with van der Waals surface area (Å²) in [7, 11) is 1.54. The number of halogens is 1. The number of fused-ring (bicyclic) bond motifs is 1. The Morgan fingerprint density at radius 1 is 1.08 bits per heavy atom. The summed E-state index contributed by atoms with van der Waals surface area (Å²) in [6.07, 6.45) is 1.60. The summed E-state index contributed by atoms with van der Waals surface area (Å²) in [4.78, 5) is 11.9. The number of carbonyl (C=O) groups excluding carboxylic acids is 1. The molecule has 0 fully saturated rings. The van der Waals surface area contributed by atoms with Crippen LogP contribution in [0, 0.1) is 0 Å². The molecule has 26 heavy (non-hydrogen) atoms. The molecule has 132 valence electrons. The lowest BCUT2D eigenvalue weighted by molar-refractivity contribution is -0.123. The van der Waals surface area contributed by atoms with E-state index in [9.17, 15) is 4.79 Å². The van der Waals surface area contributed by atoms with Gasteiger partial charge >= 0.3 is 0 Å². The average Bonchev–Trinajstić information content (AvgIpc) is 2.66. The Kier molecular flexibility index (Phi) is 5.86. The number of hydrazone groups is 1. The van der Waals surface area contributed by atoms with E-state index < -0.39 is 0 Å². The lowest BCUT2D eigenvalue weighted by Crippen LogP contribution is -2.24. The number of methoxy groups -OCH3 is 1. The molecule has 0 aliphatic heterocycles. The number of nitrogens with zero attached hydrogens (tertiary/aromatic N) is 1. The van der Waals surface area contributed by atoms with Crippen molar-refractivity contribution in [1.29, 1.82) is 0 Å². The monoisotopic (exact) mass is 412 g/mol. The molecule has 0 aromatic heterocycles. The van der Waals surface area contributed by atoms with E-state index in [1.165, 1.54) is 0 Å². The fourth-order valence-electron chi connectivity index (χ4n) is 2.40. The van der Waals surface area contributed by atoms with Gasteiger partial charge in [0.25, 0.3) is 5.91 Å². The van der Waals surface area contributed by atoms with E-state index in [1.807, 2.05) is 48.5 Å². The fourth-order valence-corrected chi connectivity index (χ4v) is 2.74. The number of rotatable bonds is 6. The van der Waals surface area contributed by atoms with E-state index in [1.54, 1.807) is 25.5 Å². The maximum absolute atomic E-state index is 11.9. The van der Waals surface area contributed by atoms with Crippen LogP contribution >= 0.6 is 15.9 Å². The SMILES string of the molecule is COc1cc(Br)ccc1OCC(=O)N/N=C/c1ccc2ccccc2c1. The molecule has 0 unspecified atom stereocenters. The van der Waals surface area contributed by atoms with E-state index >= 15 is 0 Å². The zero-order chi connectivity index (χ0) is 18.4. The molecule has 3 aromatic rings. The molecule has 0 spiro atoms. The fraction of sp³-hybridized carbons (Fsp3) is 0.100. The van der Waals surface area contributed by atoms with Gasteiger partial charge in [0.1, 0.15) is 0 Å². The molecule has 6 heteroatoms. The third-order valence-electron chi connectivity index (χ3n) is 3.66.